The third-order valence-corrected chi connectivity index (χ3v) is 6.33. The van der Waals surface area contributed by atoms with Gasteiger partial charge >= 0.3 is 18.1 Å². The van der Waals surface area contributed by atoms with E-state index in [1.807, 2.05) is 11.8 Å². The van der Waals surface area contributed by atoms with Crippen molar-refractivity contribution in [2.24, 2.45) is 0 Å². The van der Waals surface area contributed by atoms with Gasteiger partial charge in [0.05, 0.1) is 28.3 Å². The van der Waals surface area contributed by atoms with Gasteiger partial charge in [0.2, 0.25) is 0 Å². The number of aromatic carboxylic acids is 1. The Kier molecular flexibility index (Phi) is 11.3. The number of carboxylic acid groups (broad SMARTS) is 2. The van der Waals surface area contributed by atoms with Crippen LogP contribution in [0.3, 0.4) is 0 Å². The van der Waals surface area contributed by atoms with E-state index in [1.54, 1.807) is 12.1 Å². The summed E-state index contributed by atoms with van der Waals surface area (Å²) in [6.45, 7) is 5.39. The quantitative estimate of drug-likeness (QED) is 0.369. The van der Waals surface area contributed by atoms with E-state index in [4.69, 9.17) is 26.2 Å². The van der Waals surface area contributed by atoms with Crippen molar-refractivity contribution < 1.29 is 46.1 Å². The SMILES string of the molecule is CCCCN(CC)c1ccc(NS(=O)(=O)c2ccc(OC)c(Cl)c2)cc1C(=O)O.O=C(O)C(F)(F)F. The van der Waals surface area contributed by atoms with Gasteiger partial charge in [-0.05, 0) is 49.7 Å². The predicted octanol–water partition coefficient (Wildman–Crippen LogP) is 5.11. The van der Waals surface area contributed by atoms with Crippen LogP contribution in [0.15, 0.2) is 41.3 Å². The smallest absolute Gasteiger partial charge is 0.490 e. The lowest BCUT2D eigenvalue weighted by Crippen LogP contribution is -2.26. The van der Waals surface area contributed by atoms with Gasteiger partial charge in [-0.1, -0.05) is 24.9 Å². The summed E-state index contributed by atoms with van der Waals surface area (Å²) in [7, 11) is -2.52. The Morgan fingerprint density at radius 1 is 1.11 bits per heavy atom. The van der Waals surface area contributed by atoms with E-state index in [0.717, 1.165) is 19.4 Å². The molecule has 200 valence electrons. The largest absolute Gasteiger partial charge is 0.495 e. The molecule has 0 aliphatic carbocycles. The van der Waals surface area contributed by atoms with Crippen LogP contribution in [0.25, 0.3) is 0 Å². The fraction of sp³-hybridized carbons (Fsp3) is 0.364. The molecule has 2 rings (SSSR count). The minimum Gasteiger partial charge on any atom is -0.495 e. The molecule has 0 aromatic heterocycles. The third-order valence-electron chi connectivity index (χ3n) is 4.66. The van der Waals surface area contributed by atoms with Crippen molar-refractivity contribution in [1.82, 2.24) is 0 Å². The number of methoxy groups -OCH3 is 1. The van der Waals surface area contributed by atoms with E-state index in [0.29, 0.717) is 18.0 Å². The molecule has 0 amide bonds. The Hall–Kier alpha value is -3.19. The Bertz CT molecular complexity index is 1170. The first-order chi connectivity index (χ1) is 16.7. The Labute approximate surface area is 211 Å². The third kappa shape index (κ3) is 8.79. The average molecular weight is 555 g/mol. The summed E-state index contributed by atoms with van der Waals surface area (Å²) in [6, 6.07) is 8.60. The van der Waals surface area contributed by atoms with Gasteiger partial charge in [-0.3, -0.25) is 4.72 Å². The summed E-state index contributed by atoms with van der Waals surface area (Å²) < 4.78 is 64.5. The lowest BCUT2D eigenvalue weighted by Gasteiger charge is -2.25. The summed E-state index contributed by atoms with van der Waals surface area (Å²) in [5, 5.41) is 16.9. The van der Waals surface area contributed by atoms with Gasteiger partial charge in [0.1, 0.15) is 5.75 Å². The molecule has 3 N–H and O–H groups in total. The highest BCUT2D eigenvalue weighted by atomic mass is 35.5. The topological polar surface area (TPSA) is 133 Å². The van der Waals surface area contributed by atoms with Crippen LogP contribution in [-0.4, -0.2) is 56.9 Å². The van der Waals surface area contributed by atoms with Gasteiger partial charge in [0.25, 0.3) is 10.0 Å². The number of carboxylic acids is 2. The summed E-state index contributed by atoms with van der Waals surface area (Å²) in [4.78, 5) is 22.6. The number of anilines is 2. The molecule has 0 saturated carbocycles. The molecule has 0 bridgehead atoms. The number of ether oxygens (including phenoxy) is 1. The summed E-state index contributed by atoms with van der Waals surface area (Å²) in [5.41, 5.74) is 0.754. The molecule has 2 aromatic carbocycles. The number of halogens is 4. The Balaban J connectivity index is 0.000000809. The van der Waals surface area contributed by atoms with Gasteiger partial charge in [0, 0.05) is 18.8 Å². The first kappa shape index (κ1) is 30.8. The monoisotopic (exact) mass is 554 g/mol. The van der Waals surface area contributed by atoms with Crippen molar-refractivity contribution in [3.05, 3.63) is 47.0 Å². The molecule has 0 atom stereocenters. The zero-order chi connectivity index (χ0) is 27.7. The molecule has 0 spiro atoms. The zero-order valence-electron chi connectivity index (χ0n) is 19.6. The van der Waals surface area contributed by atoms with E-state index < -0.39 is 28.1 Å². The number of sulfonamides is 1. The van der Waals surface area contributed by atoms with E-state index in [-0.39, 0.29) is 21.2 Å². The maximum atomic E-state index is 12.7. The molecule has 2 aromatic rings. The molecule has 0 fully saturated rings. The van der Waals surface area contributed by atoms with Gasteiger partial charge in [-0.15, -0.1) is 0 Å². The number of unbranched alkanes of at least 4 members (excludes halogenated alkanes) is 1. The van der Waals surface area contributed by atoms with E-state index >= 15 is 0 Å². The second kappa shape index (κ2) is 13.2. The minimum atomic E-state index is -5.08. The highest BCUT2D eigenvalue weighted by Crippen LogP contribution is 2.29. The average Bonchev–Trinajstić information content (AvgIpc) is 2.79. The van der Waals surface area contributed by atoms with Crippen LogP contribution in [0.5, 0.6) is 5.75 Å². The van der Waals surface area contributed by atoms with Crippen molar-refractivity contribution in [1.29, 1.82) is 0 Å². The van der Waals surface area contributed by atoms with Crippen molar-refractivity contribution in [2.45, 2.75) is 37.8 Å². The number of aliphatic carboxylic acids is 1. The van der Waals surface area contributed by atoms with Gasteiger partial charge in [0.15, 0.2) is 0 Å². The van der Waals surface area contributed by atoms with Crippen LogP contribution in [0, 0.1) is 0 Å². The van der Waals surface area contributed by atoms with Gasteiger partial charge in [-0.2, -0.15) is 13.2 Å². The van der Waals surface area contributed by atoms with Crippen LogP contribution in [-0.2, 0) is 14.8 Å². The van der Waals surface area contributed by atoms with Crippen LogP contribution < -0.4 is 14.4 Å². The summed E-state index contributed by atoms with van der Waals surface area (Å²) >= 11 is 6.02. The number of carbonyl (C=O) groups is 2. The lowest BCUT2D eigenvalue weighted by atomic mass is 10.1. The fourth-order valence-electron chi connectivity index (χ4n) is 2.87. The second-order valence-corrected chi connectivity index (χ2v) is 9.26. The van der Waals surface area contributed by atoms with Crippen molar-refractivity contribution in [3.63, 3.8) is 0 Å². The standard InChI is InChI=1S/C20H25ClN2O5S.C2HF3O2/c1-4-6-11-23(5-2)18-9-7-14(12-16(18)20(24)25)22-29(26,27)15-8-10-19(28-3)17(21)13-15;3-2(4,5)1(6)7/h7-10,12-13,22H,4-6,11H2,1-3H3,(H,24,25);(H,6,7). The number of nitrogens with zero attached hydrogens (tertiary/aromatic N) is 1. The van der Waals surface area contributed by atoms with Crippen molar-refractivity contribution >= 4 is 44.9 Å². The Morgan fingerprint density at radius 3 is 2.17 bits per heavy atom. The Morgan fingerprint density at radius 2 is 1.72 bits per heavy atom. The number of hydrogen-bond donors (Lipinski definition) is 3. The first-order valence-corrected chi connectivity index (χ1v) is 12.3. The molecule has 36 heavy (non-hydrogen) atoms. The molecular formula is C22H26ClF3N2O7S. The maximum absolute atomic E-state index is 12.7. The lowest BCUT2D eigenvalue weighted by molar-refractivity contribution is -0.192. The molecule has 0 unspecified atom stereocenters. The highest BCUT2D eigenvalue weighted by molar-refractivity contribution is 7.92. The molecule has 0 radical (unpaired) electrons. The molecule has 0 saturated heterocycles. The van der Waals surface area contributed by atoms with Crippen molar-refractivity contribution in [2.75, 3.05) is 29.8 Å². The number of nitrogens with one attached hydrogen (secondary N) is 1. The maximum Gasteiger partial charge on any atom is 0.490 e. The number of rotatable bonds is 10. The molecule has 9 nitrogen and oxygen atoms in total. The first-order valence-electron chi connectivity index (χ1n) is 10.5. The molecule has 14 heteroatoms. The summed E-state index contributed by atoms with van der Waals surface area (Å²) in [6.07, 6.45) is -3.17. The number of hydrogen-bond acceptors (Lipinski definition) is 6. The van der Waals surface area contributed by atoms with Crippen LogP contribution in [0.4, 0.5) is 24.5 Å². The molecular weight excluding hydrogens is 529 g/mol. The van der Waals surface area contributed by atoms with E-state index in [9.17, 15) is 31.5 Å². The minimum absolute atomic E-state index is 0.0379. The molecule has 0 aliphatic heterocycles. The van der Waals surface area contributed by atoms with Crippen LogP contribution in [0.1, 0.15) is 37.0 Å². The number of alkyl halides is 3. The van der Waals surface area contributed by atoms with E-state index in [1.165, 1.54) is 31.4 Å². The molecule has 0 aliphatic rings. The van der Waals surface area contributed by atoms with E-state index in [2.05, 4.69) is 11.6 Å². The highest BCUT2D eigenvalue weighted by Gasteiger charge is 2.38. The normalized spacial score (nSPS) is 11.2. The molecule has 0 heterocycles. The van der Waals surface area contributed by atoms with Crippen LogP contribution >= 0.6 is 11.6 Å². The van der Waals surface area contributed by atoms with Crippen LogP contribution in [0.2, 0.25) is 5.02 Å². The number of benzene rings is 2. The predicted molar refractivity (Wildman–Crippen MR) is 129 cm³/mol. The second-order valence-electron chi connectivity index (χ2n) is 7.18. The van der Waals surface area contributed by atoms with Gasteiger partial charge in [-0.25, -0.2) is 18.0 Å². The fourth-order valence-corrected chi connectivity index (χ4v) is 4.27. The van der Waals surface area contributed by atoms with Gasteiger partial charge < -0.3 is 19.8 Å². The summed E-state index contributed by atoms with van der Waals surface area (Å²) in [5.74, 6) is -3.52. The van der Waals surface area contributed by atoms with Crippen molar-refractivity contribution in [3.8, 4) is 5.75 Å². The zero-order valence-corrected chi connectivity index (χ0v) is 21.2.